The zero-order valence-electron chi connectivity index (χ0n) is 16.0. The average Bonchev–Trinajstić information content (AvgIpc) is 2.66. The van der Waals surface area contributed by atoms with Gasteiger partial charge in [-0.05, 0) is 32.9 Å². The van der Waals surface area contributed by atoms with E-state index in [1.807, 2.05) is 31.2 Å². The average molecular weight is 383 g/mol. The Morgan fingerprint density at radius 3 is 2.69 bits per heavy atom. The number of morpholine rings is 1. The van der Waals surface area contributed by atoms with Gasteiger partial charge in [0.2, 0.25) is 0 Å². The van der Waals surface area contributed by atoms with E-state index < -0.39 is 0 Å². The summed E-state index contributed by atoms with van der Waals surface area (Å²) in [4.78, 5) is 7.13. The van der Waals surface area contributed by atoms with Crippen molar-refractivity contribution in [3.63, 3.8) is 0 Å². The second-order valence-corrected chi connectivity index (χ2v) is 6.86. The van der Waals surface area contributed by atoms with Crippen LogP contribution in [-0.4, -0.2) is 68.9 Å². The van der Waals surface area contributed by atoms with E-state index in [1.54, 1.807) is 0 Å². The molecule has 7 heteroatoms. The maximum atomic E-state index is 6.14. The molecule has 1 aromatic rings. The Morgan fingerprint density at radius 2 is 2.00 bits per heavy atom. The number of hydrogen-bond acceptors (Lipinski definition) is 4. The van der Waals surface area contributed by atoms with E-state index in [4.69, 9.17) is 26.1 Å². The Bertz CT molecular complexity index is 564. The van der Waals surface area contributed by atoms with E-state index in [2.05, 4.69) is 29.4 Å². The first-order valence-electron chi connectivity index (χ1n) is 9.35. The highest BCUT2D eigenvalue weighted by molar-refractivity contribution is 6.32. The van der Waals surface area contributed by atoms with Gasteiger partial charge in [-0.3, -0.25) is 9.89 Å². The van der Waals surface area contributed by atoms with Crippen LogP contribution in [0.5, 0.6) is 5.75 Å². The number of para-hydroxylation sites is 1. The lowest BCUT2D eigenvalue weighted by molar-refractivity contribution is 0.0220. The number of aliphatic imine (C=N–C) groups is 1. The van der Waals surface area contributed by atoms with E-state index in [0.717, 1.165) is 45.4 Å². The summed E-state index contributed by atoms with van der Waals surface area (Å²) in [5, 5.41) is 7.26. The minimum atomic E-state index is -0.0320. The molecule has 1 aliphatic rings. The Balaban J connectivity index is 1.81. The van der Waals surface area contributed by atoms with Crippen LogP contribution in [0.2, 0.25) is 5.02 Å². The molecule has 1 saturated heterocycles. The van der Waals surface area contributed by atoms with Crippen LogP contribution in [0.3, 0.4) is 0 Å². The first kappa shape index (κ1) is 20.8. The van der Waals surface area contributed by atoms with Gasteiger partial charge < -0.3 is 20.1 Å². The number of guanidine groups is 1. The van der Waals surface area contributed by atoms with Crippen LogP contribution in [0.25, 0.3) is 0 Å². The molecule has 1 aliphatic heterocycles. The monoisotopic (exact) mass is 382 g/mol. The normalized spacial score (nSPS) is 18.2. The summed E-state index contributed by atoms with van der Waals surface area (Å²) in [6.07, 6.45) is -0.0320. The summed E-state index contributed by atoms with van der Waals surface area (Å²) < 4.78 is 11.3. The highest BCUT2D eigenvalue weighted by atomic mass is 35.5. The molecule has 0 spiro atoms. The lowest BCUT2D eigenvalue weighted by atomic mass is 10.2. The van der Waals surface area contributed by atoms with Crippen LogP contribution in [0.1, 0.15) is 20.8 Å². The summed E-state index contributed by atoms with van der Waals surface area (Å²) in [6, 6.07) is 7.91. The van der Waals surface area contributed by atoms with Gasteiger partial charge >= 0.3 is 0 Å². The van der Waals surface area contributed by atoms with Gasteiger partial charge in [0.05, 0.1) is 31.3 Å². The third kappa shape index (κ3) is 7.02. The van der Waals surface area contributed by atoms with Crippen LogP contribution in [-0.2, 0) is 4.74 Å². The summed E-state index contributed by atoms with van der Waals surface area (Å²) in [5.41, 5.74) is 0. The molecule has 2 unspecified atom stereocenters. The predicted molar refractivity (Wildman–Crippen MR) is 107 cm³/mol. The molecule has 2 rings (SSSR count). The predicted octanol–water partition coefficient (Wildman–Crippen LogP) is 2.38. The minimum Gasteiger partial charge on any atom is -0.487 e. The molecule has 0 aliphatic carbocycles. The van der Waals surface area contributed by atoms with Gasteiger partial charge in [0.15, 0.2) is 5.96 Å². The Morgan fingerprint density at radius 1 is 1.27 bits per heavy atom. The van der Waals surface area contributed by atoms with Gasteiger partial charge in [-0.15, -0.1) is 0 Å². The first-order chi connectivity index (χ1) is 12.6. The van der Waals surface area contributed by atoms with Crippen molar-refractivity contribution < 1.29 is 9.47 Å². The molecule has 146 valence electrons. The van der Waals surface area contributed by atoms with E-state index in [9.17, 15) is 0 Å². The number of rotatable bonds is 8. The van der Waals surface area contributed by atoms with Gasteiger partial charge in [0, 0.05) is 25.7 Å². The number of nitrogens with zero attached hydrogens (tertiary/aromatic N) is 2. The smallest absolute Gasteiger partial charge is 0.191 e. The topological polar surface area (TPSA) is 58.1 Å². The van der Waals surface area contributed by atoms with Gasteiger partial charge in [-0.2, -0.15) is 0 Å². The van der Waals surface area contributed by atoms with Crippen molar-refractivity contribution in [1.82, 2.24) is 15.5 Å². The molecule has 1 fully saturated rings. The molecular weight excluding hydrogens is 352 g/mol. The van der Waals surface area contributed by atoms with Crippen molar-refractivity contribution in [2.24, 2.45) is 4.99 Å². The fourth-order valence-electron chi connectivity index (χ4n) is 2.74. The van der Waals surface area contributed by atoms with Gasteiger partial charge in [0.25, 0.3) is 0 Å². The summed E-state index contributed by atoms with van der Waals surface area (Å²) in [5.74, 6) is 1.51. The molecule has 1 heterocycles. The Labute approximate surface area is 161 Å². The zero-order valence-corrected chi connectivity index (χ0v) is 16.8. The quantitative estimate of drug-likeness (QED) is 0.534. The molecule has 26 heavy (non-hydrogen) atoms. The van der Waals surface area contributed by atoms with Crippen LogP contribution in [0, 0.1) is 0 Å². The number of benzene rings is 1. The van der Waals surface area contributed by atoms with Gasteiger partial charge in [0.1, 0.15) is 11.9 Å². The molecule has 0 bridgehead atoms. The standard InChI is InChI=1S/C19H31ClN4O2/c1-4-21-19(22-13-15(2)24-9-11-25-12-10-24)23-14-16(3)26-18-8-6-5-7-17(18)20/h5-8,15-16H,4,9-14H2,1-3H3,(H2,21,22,23). The lowest BCUT2D eigenvalue weighted by Crippen LogP contribution is -2.45. The highest BCUT2D eigenvalue weighted by Gasteiger charge is 2.16. The van der Waals surface area contributed by atoms with Crippen molar-refractivity contribution in [2.75, 3.05) is 45.9 Å². The molecule has 2 atom stereocenters. The van der Waals surface area contributed by atoms with Crippen LogP contribution in [0.4, 0.5) is 0 Å². The van der Waals surface area contributed by atoms with E-state index in [1.165, 1.54) is 0 Å². The SMILES string of the molecule is CCNC(=NCC(C)N1CCOCC1)NCC(C)Oc1ccccc1Cl. The molecule has 0 amide bonds. The molecule has 0 saturated carbocycles. The van der Waals surface area contributed by atoms with Crippen molar-refractivity contribution in [2.45, 2.75) is 32.9 Å². The Kier molecular flexibility index (Phi) is 9.01. The Hall–Kier alpha value is -1.50. The molecule has 6 nitrogen and oxygen atoms in total. The number of hydrogen-bond donors (Lipinski definition) is 2. The van der Waals surface area contributed by atoms with Gasteiger partial charge in [-0.25, -0.2) is 0 Å². The summed E-state index contributed by atoms with van der Waals surface area (Å²) in [7, 11) is 0. The number of ether oxygens (including phenoxy) is 2. The third-order valence-corrected chi connectivity index (χ3v) is 4.56. The van der Waals surface area contributed by atoms with E-state index in [0.29, 0.717) is 23.4 Å². The van der Waals surface area contributed by atoms with Crippen LogP contribution >= 0.6 is 11.6 Å². The maximum Gasteiger partial charge on any atom is 0.191 e. The molecule has 1 aromatic carbocycles. The zero-order chi connectivity index (χ0) is 18.8. The van der Waals surface area contributed by atoms with E-state index >= 15 is 0 Å². The van der Waals surface area contributed by atoms with Crippen LogP contribution < -0.4 is 15.4 Å². The van der Waals surface area contributed by atoms with Crippen molar-refractivity contribution in [3.8, 4) is 5.75 Å². The highest BCUT2D eigenvalue weighted by Crippen LogP contribution is 2.23. The first-order valence-corrected chi connectivity index (χ1v) is 9.73. The lowest BCUT2D eigenvalue weighted by Gasteiger charge is -2.31. The fourth-order valence-corrected chi connectivity index (χ4v) is 2.92. The minimum absolute atomic E-state index is 0.0320. The maximum absolute atomic E-state index is 6.14. The van der Waals surface area contributed by atoms with Crippen molar-refractivity contribution in [1.29, 1.82) is 0 Å². The van der Waals surface area contributed by atoms with Gasteiger partial charge in [-0.1, -0.05) is 23.7 Å². The summed E-state index contributed by atoms with van der Waals surface area (Å²) in [6.45, 7) is 12.1. The number of halogens is 1. The van der Waals surface area contributed by atoms with Crippen LogP contribution in [0.15, 0.2) is 29.3 Å². The second kappa shape index (κ2) is 11.3. The molecular formula is C19H31ClN4O2. The van der Waals surface area contributed by atoms with E-state index in [-0.39, 0.29) is 6.10 Å². The molecule has 0 radical (unpaired) electrons. The largest absolute Gasteiger partial charge is 0.487 e. The fraction of sp³-hybridized carbons (Fsp3) is 0.632. The van der Waals surface area contributed by atoms with Crippen molar-refractivity contribution >= 4 is 17.6 Å². The summed E-state index contributed by atoms with van der Waals surface area (Å²) >= 11 is 6.14. The number of nitrogens with one attached hydrogen (secondary N) is 2. The molecule has 0 aromatic heterocycles. The van der Waals surface area contributed by atoms with Crippen molar-refractivity contribution in [3.05, 3.63) is 29.3 Å². The second-order valence-electron chi connectivity index (χ2n) is 6.46. The molecule has 2 N–H and O–H groups in total. The third-order valence-electron chi connectivity index (χ3n) is 4.25.